The molecule has 5 nitrogen and oxygen atoms in total. The number of esters is 1. The lowest BCUT2D eigenvalue weighted by Crippen LogP contribution is -2.26. The van der Waals surface area contributed by atoms with Gasteiger partial charge in [-0.15, -0.1) is 0 Å². The van der Waals surface area contributed by atoms with Gasteiger partial charge in [0.05, 0.1) is 6.61 Å². The van der Waals surface area contributed by atoms with E-state index in [0.717, 1.165) is 0 Å². The van der Waals surface area contributed by atoms with Crippen molar-refractivity contribution in [2.24, 2.45) is 5.73 Å². The van der Waals surface area contributed by atoms with Crippen LogP contribution in [0.4, 0.5) is 0 Å². The van der Waals surface area contributed by atoms with E-state index in [1.807, 2.05) is 0 Å². The monoisotopic (exact) mass is 241 g/mol. The van der Waals surface area contributed by atoms with Crippen LogP contribution >= 0.6 is 0 Å². The van der Waals surface area contributed by atoms with Crippen molar-refractivity contribution >= 4 is 5.97 Å². The fraction of sp³-hybridized carbons (Fsp3) is 0.583. The molecule has 0 aliphatic rings. The zero-order valence-corrected chi connectivity index (χ0v) is 10.4. The Labute approximate surface area is 101 Å². The molecular formula is C12H19NO4. The summed E-state index contributed by atoms with van der Waals surface area (Å²) in [5.41, 5.74) is 5.02. The summed E-state index contributed by atoms with van der Waals surface area (Å²) in [7, 11) is 0. The highest BCUT2D eigenvalue weighted by Crippen LogP contribution is 2.15. The van der Waals surface area contributed by atoms with Gasteiger partial charge in [-0.25, -0.2) is 4.79 Å². The third-order valence-corrected chi connectivity index (χ3v) is 1.96. The van der Waals surface area contributed by atoms with Crippen molar-refractivity contribution in [2.75, 3.05) is 6.61 Å². The summed E-state index contributed by atoms with van der Waals surface area (Å²) < 4.78 is 10.5. The van der Waals surface area contributed by atoms with E-state index in [-0.39, 0.29) is 18.4 Å². The van der Waals surface area contributed by atoms with Crippen molar-refractivity contribution in [3.8, 4) is 0 Å². The first-order valence-electron chi connectivity index (χ1n) is 5.50. The average molecular weight is 241 g/mol. The van der Waals surface area contributed by atoms with Gasteiger partial charge in [0, 0.05) is 12.5 Å². The third-order valence-electron chi connectivity index (χ3n) is 1.96. The Kier molecular flexibility index (Phi) is 4.31. The van der Waals surface area contributed by atoms with Crippen molar-refractivity contribution in [1.82, 2.24) is 0 Å². The van der Waals surface area contributed by atoms with Gasteiger partial charge in [0.1, 0.15) is 11.4 Å². The number of rotatable bonds is 4. The summed E-state index contributed by atoms with van der Waals surface area (Å²) in [6.07, 6.45) is 0.388. The Morgan fingerprint density at radius 1 is 1.53 bits per heavy atom. The smallest absolute Gasteiger partial charge is 0.374 e. The first-order chi connectivity index (χ1) is 7.81. The maximum atomic E-state index is 11.6. The number of carbonyl (C=O) groups is 1. The van der Waals surface area contributed by atoms with Gasteiger partial charge in [0.15, 0.2) is 0 Å². The molecule has 0 radical (unpaired) electrons. The molecule has 0 saturated heterocycles. The van der Waals surface area contributed by atoms with Crippen LogP contribution in [0.1, 0.15) is 37.1 Å². The number of furan rings is 1. The minimum Gasteiger partial charge on any atom is -0.454 e. The summed E-state index contributed by atoms with van der Waals surface area (Å²) in [6.45, 7) is 5.24. The van der Waals surface area contributed by atoms with Crippen LogP contribution in [0.5, 0.6) is 0 Å². The predicted molar refractivity (Wildman–Crippen MR) is 62.6 cm³/mol. The van der Waals surface area contributed by atoms with Crippen molar-refractivity contribution in [3.05, 3.63) is 23.7 Å². The highest BCUT2D eigenvalue weighted by atomic mass is 16.6. The van der Waals surface area contributed by atoms with E-state index < -0.39 is 11.6 Å². The number of ether oxygens (including phenoxy) is 1. The van der Waals surface area contributed by atoms with Gasteiger partial charge in [-0.1, -0.05) is 0 Å². The number of hydrogen-bond donors (Lipinski definition) is 2. The molecule has 0 spiro atoms. The molecule has 1 atom stereocenters. The first kappa shape index (κ1) is 13.7. The molecule has 0 saturated carbocycles. The van der Waals surface area contributed by atoms with Crippen LogP contribution < -0.4 is 5.73 Å². The van der Waals surface area contributed by atoms with Crippen LogP contribution in [-0.2, 0) is 11.2 Å². The van der Waals surface area contributed by atoms with Gasteiger partial charge in [-0.05, 0) is 32.9 Å². The van der Waals surface area contributed by atoms with Crippen molar-refractivity contribution in [3.63, 3.8) is 0 Å². The summed E-state index contributed by atoms with van der Waals surface area (Å²) in [4.78, 5) is 11.6. The summed E-state index contributed by atoms with van der Waals surface area (Å²) >= 11 is 0. The lowest BCUT2D eigenvalue weighted by Gasteiger charge is -2.18. The van der Waals surface area contributed by atoms with E-state index in [9.17, 15) is 4.79 Å². The Morgan fingerprint density at radius 3 is 2.71 bits per heavy atom. The molecule has 1 aromatic heterocycles. The van der Waals surface area contributed by atoms with Crippen LogP contribution in [0.2, 0.25) is 0 Å². The molecule has 0 amide bonds. The zero-order valence-electron chi connectivity index (χ0n) is 10.4. The second-order valence-electron chi connectivity index (χ2n) is 4.91. The lowest BCUT2D eigenvalue weighted by atomic mass is 10.2. The largest absolute Gasteiger partial charge is 0.454 e. The van der Waals surface area contributed by atoms with Gasteiger partial charge in [-0.3, -0.25) is 0 Å². The van der Waals surface area contributed by atoms with Gasteiger partial charge in [0.25, 0.3) is 0 Å². The first-order valence-corrected chi connectivity index (χ1v) is 5.50. The average Bonchev–Trinajstić information content (AvgIpc) is 2.63. The number of hydrogen-bond acceptors (Lipinski definition) is 5. The minimum absolute atomic E-state index is 0.123. The molecule has 96 valence electrons. The summed E-state index contributed by atoms with van der Waals surface area (Å²) in [5.74, 6) is 0.216. The molecule has 0 aliphatic heterocycles. The molecule has 1 rings (SSSR count). The molecular weight excluding hydrogens is 222 g/mol. The van der Waals surface area contributed by atoms with Crippen LogP contribution in [0.3, 0.4) is 0 Å². The Bertz CT molecular complexity index is 378. The van der Waals surface area contributed by atoms with E-state index in [4.69, 9.17) is 20.0 Å². The lowest BCUT2D eigenvalue weighted by molar-refractivity contribution is 0.00342. The van der Waals surface area contributed by atoms with Gasteiger partial charge >= 0.3 is 5.97 Å². The van der Waals surface area contributed by atoms with E-state index in [1.165, 1.54) is 0 Å². The molecule has 17 heavy (non-hydrogen) atoms. The highest BCUT2D eigenvalue weighted by Gasteiger charge is 2.20. The summed E-state index contributed by atoms with van der Waals surface area (Å²) in [6, 6.07) is 2.83. The van der Waals surface area contributed by atoms with E-state index in [2.05, 4.69) is 0 Å². The van der Waals surface area contributed by atoms with E-state index in [1.54, 1.807) is 32.9 Å². The fourth-order valence-electron chi connectivity index (χ4n) is 1.25. The van der Waals surface area contributed by atoms with Gasteiger partial charge < -0.3 is 20.0 Å². The maximum Gasteiger partial charge on any atom is 0.374 e. The number of aliphatic hydroxyl groups excluding tert-OH is 1. The Morgan fingerprint density at radius 2 is 2.18 bits per heavy atom. The Hall–Kier alpha value is -1.33. The molecule has 3 N–H and O–H groups in total. The second-order valence-corrected chi connectivity index (χ2v) is 4.91. The maximum absolute atomic E-state index is 11.6. The molecule has 0 aliphatic carbocycles. The molecule has 1 aromatic rings. The molecule has 0 aromatic carbocycles. The van der Waals surface area contributed by atoms with Gasteiger partial charge in [0.2, 0.25) is 5.76 Å². The highest BCUT2D eigenvalue weighted by molar-refractivity contribution is 5.86. The predicted octanol–water partition coefficient (Wildman–Crippen LogP) is 1.10. The van der Waals surface area contributed by atoms with Crippen LogP contribution in [-0.4, -0.2) is 29.3 Å². The fourth-order valence-corrected chi connectivity index (χ4v) is 1.25. The molecule has 0 bridgehead atoms. The standard InChI is InChI=1S/C12H19NO4/c1-12(2,3)17-11(15)10-5-4-9(16-10)6-8(13)7-14/h4-5,8,14H,6-7,13H2,1-3H3. The normalized spacial score (nSPS) is 13.5. The van der Waals surface area contributed by atoms with E-state index >= 15 is 0 Å². The molecule has 0 fully saturated rings. The molecule has 5 heteroatoms. The quantitative estimate of drug-likeness (QED) is 0.771. The summed E-state index contributed by atoms with van der Waals surface area (Å²) in [5, 5.41) is 8.81. The topological polar surface area (TPSA) is 85.7 Å². The van der Waals surface area contributed by atoms with Crippen molar-refractivity contribution < 1.29 is 19.1 Å². The number of carbonyl (C=O) groups excluding carboxylic acids is 1. The molecule has 1 heterocycles. The second kappa shape index (κ2) is 5.33. The van der Waals surface area contributed by atoms with Crippen LogP contribution in [0, 0.1) is 0 Å². The Balaban J connectivity index is 2.65. The minimum atomic E-state index is -0.550. The number of nitrogens with two attached hydrogens (primary N) is 1. The third kappa shape index (κ3) is 4.58. The van der Waals surface area contributed by atoms with Gasteiger partial charge in [-0.2, -0.15) is 0 Å². The van der Waals surface area contributed by atoms with Crippen molar-refractivity contribution in [1.29, 1.82) is 0 Å². The number of aliphatic hydroxyl groups is 1. The van der Waals surface area contributed by atoms with Crippen molar-refractivity contribution in [2.45, 2.75) is 38.8 Å². The van der Waals surface area contributed by atoms with Crippen LogP contribution in [0.15, 0.2) is 16.5 Å². The van der Waals surface area contributed by atoms with E-state index in [0.29, 0.717) is 12.2 Å². The van der Waals surface area contributed by atoms with Crippen LogP contribution in [0.25, 0.3) is 0 Å². The zero-order chi connectivity index (χ0) is 13.1. The molecule has 1 unspecified atom stereocenters. The SMILES string of the molecule is CC(C)(C)OC(=O)c1ccc(CC(N)CO)o1.